The lowest BCUT2D eigenvalue weighted by Crippen LogP contribution is -2.41. The van der Waals surface area contributed by atoms with Gasteiger partial charge in [0.05, 0.1) is 17.6 Å². The lowest BCUT2D eigenvalue weighted by molar-refractivity contribution is -0.121. The SMILES string of the molecule is COc1ccccc1-c1nc(NC(=O)C2CCN(S(=O)(=O)c3ccccc3)CC2)n[nH]1. The molecule has 0 spiro atoms. The van der Waals surface area contributed by atoms with Gasteiger partial charge in [0.15, 0.2) is 5.82 Å². The maximum atomic E-state index is 12.7. The Kier molecular flexibility index (Phi) is 6.01. The number of carbonyl (C=O) groups excluding carboxylic acids is 1. The lowest BCUT2D eigenvalue weighted by atomic mass is 9.97. The van der Waals surface area contributed by atoms with Crippen LogP contribution in [0.3, 0.4) is 0 Å². The van der Waals surface area contributed by atoms with Gasteiger partial charge in [0.1, 0.15) is 5.75 Å². The van der Waals surface area contributed by atoms with E-state index in [0.717, 1.165) is 5.56 Å². The minimum absolute atomic E-state index is 0.172. The molecule has 162 valence electrons. The summed E-state index contributed by atoms with van der Waals surface area (Å²) in [5, 5.41) is 9.60. The molecule has 0 radical (unpaired) electrons. The second-order valence-electron chi connectivity index (χ2n) is 7.19. The minimum atomic E-state index is -3.54. The summed E-state index contributed by atoms with van der Waals surface area (Å²) in [5.41, 5.74) is 0.734. The molecule has 0 unspecified atom stereocenters. The number of anilines is 1. The summed E-state index contributed by atoms with van der Waals surface area (Å²) in [6, 6.07) is 15.7. The fraction of sp³-hybridized carbons (Fsp3) is 0.286. The Labute approximate surface area is 180 Å². The van der Waals surface area contributed by atoms with Crippen molar-refractivity contribution in [1.82, 2.24) is 19.5 Å². The molecular weight excluding hydrogens is 418 g/mol. The molecule has 1 aliphatic heterocycles. The van der Waals surface area contributed by atoms with Crippen molar-refractivity contribution in [3.8, 4) is 17.1 Å². The number of hydrogen-bond donors (Lipinski definition) is 2. The van der Waals surface area contributed by atoms with Gasteiger partial charge in [-0.1, -0.05) is 30.3 Å². The highest BCUT2D eigenvalue weighted by Gasteiger charge is 2.32. The fourth-order valence-corrected chi connectivity index (χ4v) is 5.08. The number of ether oxygens (including phenoxy) is 1. The standard InChI is InChI=1S/C21H23N5O4S/c1-30-18-10-6-5-9-17(18)19-22-21(25-24-19)23-20(27)15-11-13-26(14-12-15)31(28,29)16-7-3-2-4-8-16/h2-10,15H,11-14H2,1H3,(H2,22,23,24,25,27). The van der Waals surface area contributed by atoms with E-state index in [1.807, 2.05) is 24.3 Å². The molecule has 0 saturated carbocycles. The van der Waals surface area contributed by atoms with Gasteiger partial charge in [-0.05, 0) is 37.1 Å². The largest absolute Gasteiger partial charge is 0.496 e. The summed E-state index contributed by atoms with van der Waals surface area (Å²) in [7, 11) is -1.97. The number of sulfonamides is 1. The van der Waals surface area contributed by atoms with Crippen LogP contribution in [0, 0.1) is 5.92 Å². The maximum Gasteiger partial charge on any atom is 0.249 e. The first-order valence-electron chi connectivity index (χ1n) is 9.91. The van der Waals surface area contributed by atoms with Crippen molar-refractivity contribution in [3.63, 3.8) is 0 Å². The summed E-state index contributed by atoms with van der Waals surface area (Å²) in [6.45, 7) is 0.575. The van der Waals surface area contributed by atoms with Crippen LogP contribution in [0.15, 0.2) is 59.5 Å². The van der Waals surface area contributed by atoms with Crippen molar-refractivity contribution >= 4 is 21.9 Å². The number of amides is 1. The normalized spacial score (nSPS) is 15.5. The molecule has 0 bridgehead atoms. The molecular formula is C21H23N5O4S. The van der Waals surface area contributed by atoms with Crippen LogP contribution in [0.2, 0.25) is 0 Å². The predicted octanol–water partition coefficient (Wildman–Crippen LogP) is 2.52. The molecule has 2 N–H and O–H groups in total. The number of para-hydroxylation sites is 1. The van der Waals surface area contributed by atoms with E-state index in [4.69, 9.17) is 4.74 Å². The first-order valence-corrected chi connectivity index (χ1v) is 11.3. The van der Waals surface area contributed by atoms with Crippen molar-refractivity contribution in [2.75, 3.05) is 25.5 Å². The van der Waals surface area contributed by atoms with E-state index in [9.17, 15) is 13.2 Å². The number of nitrogens with zero attached hydrogens (tertiary/aromatic N) is 3. The number of nitrogens with one attached hydrogen (secondary N) is 2. The van der Waals surface area contributed by atoms with Crippen molar-refractivity contribution in [3.05, 3.63) is 54.6 Å². The van der Waals surface area contributed by atoms with E-state index in [-0.39, 0.29) is 35.8 Å². The molecule has 31 heavy (non-hydrogen) atoms. The number of aromatic nitrogens is 3. The van der Waals surface area contributed by atoms with Gasteiger partial charge in [0.25, 0.3) is 0 Å². The van der Waals surface area contributed by atoms with Crippen molar-refractivity contribution in [2.45, 2.75) is 17.7 Å². The summed E-state index contributed by atoms with van der Waals surface area (Å²) in [5.74, 6) is 0.767. The molecule has 2 heterocycles. The summed E-state index contributed by atoms with van der Waals surface area (Å²) in [6.07, 6.45) is 0.864. The van der Waals surface area contributed by atoms with Crippen molar-refractivity contribution in [1.29, 1.82) is 0 Å². The summed E-state index contributed by atoms with van der Waals surface area (Å²) < 4.78 is 32.2. The zero-order valence-electron chi connectivity index (χ0n) is 17.0. The van der Waals surface area contributed by atoms with Crippen LogP contribution in [0.25, 0.3) is 11.4 Å². The van der Waals surface area contributed by atoms with Gasteiger partial charge < -0.3 is 4.74 Å². The van der Waals surface area contributed by atoms with E-state index < -0.39 is 10.0 Å². The topological polar surface area (TPSA) is 117 Å². The molecule has 1 aliphatic rings. The number of methoxy groups -OCH3 is 1. The second kappa shape index (κ2) is 8.86. The molecule has 4 rings (SSSR count). The van der Waals surface area contributed by atoms with E-state index in [1.54, 1.807) is 37.4 Å². The van der Waals surface area contributed by atoms with Gasteiger partial charge >= 0.3 is 0 Å². The van der Waals surface area contributed by atoms with Crippen LogP contribution in [-0.4, -0.2) is 54.0 Å². The van der Waals surface area contributed by atoms with Crippen LogP contribution in [0.5, 0.6) is 5.75 Å². The number of piperidine rings is 1. The van der Waals surface area contributed by atoms with Crippen molar-refractivity contribution < 1.29 is 17.9 Å². The van der Waals surface area contributed by atoms with Crippen molar-refractivity contribution in [2.24, 2.45) is 5.92 Å². The molecule has 1 amide bonds. The third-order valence-electron chi connectivity index (χ3n) is 5.29. The number of aromatic amines is 1. The first-order chi connectivity index (χ1) is 15.0. The average molecular weight is 442 g/mol. The molecule has 0 aliphatic carbocycles. The number of carbonyl (C=O) groups is 1. The molecule has 1 fully saturated rings. The van der Waals surface area contributed by atoms with Gasteiger partial charge in [-0.3, -0.25) is 15.2 Å². The molecule has 1 aromatic heterocycles. The van der Waals surface area contributed by atoms with Gasteiger partial charge in [0.2, 0.25) is 21.9 Å². The predicted molar refractivity (Wildman–Crippen MR) is 115 cm³/mol. The quantitative estimate of drug-likeness (QED) is 0.607. The molecule has 0 atom stereocenters. The Morgan fingerprint density at radius 2 is 1.77 bits per heavy atom. The smallest absolute Gasteiger partial charge is 0.249 e. The molecule has 2 aromatic carbocycles. The Morgan fingerprint density at radius 3 is 2.48 bits per heavy atom. The Balaban J connectivity index is 1.37. The highest BCUT2D eigenvalue weighted by Crippen LogP contribution is 2.28. The van der Waals surface area contributed by atoms with Crippen LogP contribution < -0.4 is 10.1 Å². The van der Waals surface area contributed by atoms with Crippen LogP contribution >= 0.6 is 0 Å². The third-order valence-corrected chi connectivity index (χ3v) is 7.20. The zero-order chi connectivity index (χ0) is 21.8. The number of H-pyrrole nitrogens is 1. The molecule has 9 nitrogen and oxygen atoms in total. The van der Waals surface area contributed by atoms with Gasteiger partial charge in [-0.15, -0.1) is 5.10 Å². The number of hydrogen-bond acceptors (Lipinski definition) is 6. The van der Waals surface area contributed by atoms with Crippen LogP contribution in [0.1, 0.15) is 12.8 Å². The fourth-order valence-electron chi connectivity index (χ4n) is 3.59. The first kappa shape index (κ1) is 21.0. The highest BCUT2D eigenvalue weighted by molar-refractivity contribution is 7.89. The van der Waals surface area contributed by atoms with Crippen LogP contribution in [0.4, 0.5) is 5.95 Å². The Morgan fingerprint density at radius 1 is 1.10 bits per heavy atom. The maximum absolute atomic E-state index is 12.7. The average Bonchev–Trinajstić information content (AvgIpc) is 3.28. The van der Waals surface area contributed by atoms with E-state index in [2.05, 4.69) is 20.5 Å². The molecule has 1 saturated heterocycles. The molecule has 3 aromatic rings. The lowest BCUT2D eigenvalue weighted by Gasteiger charge is -2.30. The summed E-state index contributed by atoms with van der Waals surface area (Å²) in [4.78, 5) is 17.3. The van der Waals surface area contributed by atoms with E-state index in [0.29, 0.717) is 24.4 Å². The monoisotopic (exact) mass is 441 g/mol. The van der Waals surface area contributed by atoms with Crippen LogP contribution in [-0.2, 0) is 14.8 Å². The Bertz CT molecular complexity index is 1160. The zero-order valence-corrected chi connectivity index (χ0v) is 17.8. The van der Waals surface area contributed by atoms with E-state index in [1.165, 1.54) is 4.31 Å². The number of benzene rings is 2. The van der Waals surface area contributed by atoms with E-state index >= 15 is 0 Å². The Hall–Kier alpha value is -3.24. The molecule has 10 heteroatoms. The minimum Gasteiger partial charge on any atom is -0.496 e. The third kappa shape index (κ3) is 4.44. The second-order valence-corrected chi connectivity index (χ2v) is 9.13. The van der Waals surface area contributed by atoms with Gasteiger partial charge in [0, 0.05) is 19.0 Å². The summed E-state index contributed by atoms with van der Waals surface area (Å²) >= 11 is 0. The van der Waals surface area contributed by atoms with Gasteiger partial charge in [-0.2, -0.15) is 9.29 Å². The van der Waals surface area contributed by atoms with Gasteiger partial charge in [-0.25, -0.2) is 8.42 Å². The highest BCUT2D eigenvalue weighted by atomic mass is 32.2. The number of rotatable bonds is 6.